The lowest BCUT2D eigenvalue weighted by molar-refractivity contribution is 0.0319. The Bertz CT molecular complexity index is 478. The lowest BCUT2D eigenvalue weighted by atomic mass is 10.1. The predicted molar refractivity (Wildman–Crippen MR) is 112 cm³/mol. The molecule has 0 spiro atoms. The monoisotopic (exact) mass is 358 g/mol. The van der Waals surface area contributed by atoms with E-state index in [0.717, 1.165) is 12.8 Å². The molecule has 1 aromatic rings. The molecule has 0 N–H and O–H groups in total. The SMILES string of the molecule is CCCC/C=C\CCCCCCCCC[C@@H](C)OC(=O)c1ccccc1. The normalized spacial score (nSPS) is 12.4. The van der Waals surface area contributed by atoms with Crippen molar-refractivity contribution in [2.45, 2.75) is 97.0 Å². The largest absolute Gasteiger partial charge is 0.459 e. The highest BCUT2D eigenvalue weighted by Crippen LogP contribution is 2.13. The van der Waals surface area contributed by atoms with E-state index in [2.05, 4.69) is 19.1 Å². The van der Waals surface area contributed by atoms with Gasteiger partial charge in [-0.3, -0.25) is 0 Å². The quantitative estimate of drug-likeness (QED) is 0.184. The molecule has 0 aliphatic heterocycles. The average molecular weight is 359 g/mol. The van der Waals surface area contributed by atoms with E-state index in [0.29, 0.717) is 5.56 Å². The third-order valence-electron chi connectivity index (χ3n) is 4.69. The maximum Gasteiger partial charge on any atom is 0.338 e. The Morgan fingerprint density at radius 1 is 0.885 bits per heavy atom. The molecule has 26 heavy (non-hydrogen) atoms. The van der Waals surface area contributed by atoms with Crippen LogP contribution in [0.25, 0.3) is 0 Å². The number of carbonyl (C=O) groups excluding carboxylic acids is 1. The number of hydrogen-bond acceptors (Lipinski definition) is 2. The maximum absolute atomic E-state index is 12.0. The van der Waals surface area contributed by atoms with E-state index in [1.807, 2.05) is 25.1 Å². The Labute approximate surface area is 161 Å². The molecule has 0 bridgehead atoms. The number of benzene rings is 1. The Morgan fingerprint density at radius 2 is 1.46 bits per heavy atom. The minimum Gasteiger partial charge on any atom is -0.459 e. The first-order valence-electron chi connectivity index (χ1n) is 10.6. The third-order valence-corrected chi connectivity index (χ3v) is 4.69. The van der Waals surface area contributed by atoms with Crippen molar-refractivity contribution < 1.29 is 9.53 Å². The zero-order valence-electron chi connectivity index (χ0n) is 16.9. The molecule has 0 aliphatic carbocycles. The van der Waals surface area contributed by atoms with Crippen molar-refractivity contribution in [1.82, 2.24) is 0 Å². The summed E-state index contributed by atoms with van der Waals surface area (Å²) in [7, 11) is 0. The topological polar surface area (TPSA) is 26.3 Å². The number of carbonyl (C=O) groups is 1. The van der Waals surface area contributed by atoms with Gasteiger partial charge in [0, 0.05) is 0 Å². The number of rotatable bonds is 15. The first-order chi connectivity index (χ1) is 12.7. The zero-order valence-corrected chi connectivity index (χ0v) is 16.9. The van der Waals surface area contributed by atoms with Crippen LogP contribution in [0.2, 0.25) is 0 Å². The van der Waals surface area contributed by atoms with Crippen LogP contribution in [0.5, 0.6) is 0 Å². The van der Waals surface area contributed by atoms with Crippen LogP contribution in [-0.4, -0.2) is 12.1 Å². The predicted octanol–water partition coefficient (Wildman–Crippen LogP) is 7.49. The summed E-state index contributed by atoms with van der Waals surface area (Å²) in [6, 6.07) is 9.24. The van der Waals surface area contributed by atoms with Gasteiger partial charge >= 0.3 is 5.97 Å². The number of esters is 1. The van der Waals surface area contributed by atoms with Gasteiger partial charge in [-0.05, 0) is 51.2 Å². The molecule has 0 unspecified atom stereocenters. The smallest absolute Gasteiger partial charge is 0.338 e. The lowest BCUT2D eigenvalue weighted by Crippen LogP contribution is -2.14. The summed E-state index contributed by atoms with van der Waals surface area (Å²) in [6.07, 6.45) is 19.8. The van der Waals surface area contributed by atoms with Gasteiger partial charge in [0.05, 0.1) is 11.7 Å². The van der Waals surface area contributed by atoms with Crippen LogP contribution < -0.4 is 0 Å². The Balaban J connectivity index is 1.91. The highest BCUT2D eigenvalue weighted by Gasteiger charge is 2.10. The number of unbranched alkanes of at least 4 members (excludes halogenated alkanes) is 9. The van der Waals surface area contributed by atoms with E-state index in [-0.39, 0.29) is 12.1 Å². The van der Waals surface area contributed by atoms with Gasteiger partial charge < -0.3 is 4.74 Å². The van der Waals surface area contributed by atoms with Gasteiger partial charge in [0.2, 0.25) is 0 Å². The summed E-state index contributed by atoms with van der Waals surface area (Å²) in [5.74, 6) is -0.207. The van der Waals surface area contributed by atoms with Gasteiger partial charge in [0.1, 0.15) is 0 Å². The first-order valence-corrected chi connectivity index (χ1v) is 10.6. The molecule has 2 heteroatoms. The van der Waals surface area contributed by atoms with Gasteiger partial charge in [-0.15, -0.1) is 0 Å². The van der Waals surface area contributed by atoms with Crippen LogP contribution in [0.1, 0.15) is 101 Å². The molecule has 0 saturated carbocycles. The highest BCUT2D eigenvalue weighted by atomic mass is 16.5. The van der Waals surface area contributed by atoms with Crippen LogP contribution in [0, 0.1) is 0 Å². The van der Waals surface area contributed by atoms with Crippen molar-refractivity contribution in [3.8, 4) is 0 Å². The van der Waals surface area contributed by atoms with Gasteiger partial charge in [0.25, 0.3) is 0 Å². The maximum atomic E-state index is 12.0. The summed E-state index contributed by atoms with van der Waals surface area (Å²) >= 11 is 0. The molecular formula is C24H38O2. The molecule has 0 saturated heterocycles. The van der Waals surface area contributed by atoms with Gasteiger partial charge in [-0.1, -0.05) is 82.2 Å². The molecule has 0 heterocycles. The minimum atomic E-state index is -0.207. The molecule has 0 fully saturated rings. The summed E-state index contributed by atoms with van der Waals surface area (Å²) in [6.45, 7) is 4.24. The van der Waals surface area contributed by atoms with Crippen LogP contribution in [0.15, 0.2) is 42.5 Å². The van der Waals surface area contributed by atoms with Crippen molar-refractivity contribution in [1.29, 1.82) is 0 Å². The fraction of sp³-hybridized carbons (Fsp3) is 0.625. The summed E-state index contributed by atoms with van der Waals surface area (Å²) in [4.78, 5) is 12.0. The molecule has 146 valence electrons. The molecule has 2 nitrogen and oxygen atoms in total. The standard InChI is InChI=1S/C24H38O2/c1-3-4-5-6-7-8-9-10-11-12-13-14-16-19-22(2)26-24(25)23-20-17-15-18-21-23/h6-7,15,17-18,20-22H,3-5,8-14,16,19H2,1-2H3/b7-6-/t22-/m1/s1. The van der Waals surface area contributed by atoms with Crippen molar-refractivity contribution >= 4 is 5.97 Å². The van der Waals surface area contributed by atoms with Crippen LogP contribution >= 0.6 is 0 Å². The fourth-order valence-electron chi connectivity index (χ4n) is 3.02. The van der Waals surface area contributed by atoms with Crippen molar-refractivity contribution in [2.75, 3.05) is 0 Å². The van der Waals surface area contributed by atoms with Crippen LogP contribution in [0.4, 0.5) is 0 Å². The fourth-order valence-corrected chi connectivity index (χ4v) is 3.02. The first kappa shape index (κ1) is 22.5. The second-order valence-corrected chi connectivity index (χ2v) is 7.25. The molecule has 0 radical (unpaired) electrons. The molecule has 0 aromatic heterocycles. The van der Waals surface area contributed by atoms with Crippen molar-refractivity contribution in [3.63, 3.8) is 0 Å². The van der Waals surface area contributed by atoms with E-state index in [9.17, 15) is 4.79 Å². The van der Waals surface area contributed by atoms with E-state index >= 15 is 0 Å². The summed E-state index contributed by atoms with van der Waals surface area (Å²) in [5.41, 5.74) is 0.638. The Kier molecular flexibility index (Phi) is 13.5. The second-order valence-electron chi connectivity index (χ2n) is 7.25. The van der Waals surface area contributed by atoms with E-state index in [4.69, 9.17) is 4.74 Å². The number of ether oxygens (including phenoxy) is 1. The van der Waals surface area contributed by atoms with E-state index in [1.165, 1.54) is 64.2 Å². The molecule has 1 atom stereocenters. The number of allylic oxidation sites excluding steroid dienone is 2. The van der Waals surface area contributed by atoms with Gasteiger partial charge in [-0.2, -0.15) is 0 Å². The third kappa shape index (κ3) is 11.9. The second kappa shape index (κ2) is 15.7. The lowest BCUT2D eigenvalue weighted by Gasteiger charge is -2.13. The van der Waals surface area contributed by atoms with Crippen LogP contribution in [-0.2, 0) is 4.74 Å². The summed E-state index contributed by atoms with van der Waals surface area (Å²) < 4.78 is 5.50. The molecule has 1 rings (SSSR count). The molecule has 0 amide bonds. The van der Waals surface area contributed by atoms with Crippen molar-refractivity contribution in [3.05, 3.63) is 48.0 Å². The van der Waals surface area contributed by atoms with E-state index in [1.54, 1.807) is 12.1 Å². The molecule has 1 aromatic carbocycles. The summed E-state index contributed by atoms with van der Waals surface area (Å²) in [5, 5.41) is 0. The van der Waals surface area contributed by atoms with Crippen molar-refractivity contribution in [2.24, 2.45) is 0 Å². The Hall–Kier alpha value is -1.57. The number of hydrogen-bond donors (Lipinski definition) is 0. The van der Waals surface area contributed by atoms with E-state index < -0.39 is 0 Å². The zero-order chi connectivity index (χ0) is 18.9. The van der Waals surface area contributed by atoms with Crippen LogP contribution in [0.3, 0.4) is 0 Å². The minimum absolute atomic E-state index is 0.00204. The molecule has 0 aliphatic rings. The van der Waals surface area contributed by atoms with Gasteiger partial charge in [0.15, 0.2) is 0 Å². The Morgan fingerprint density at radius 3 is 2.12 bits per heavy atom. The highest BCUT2D eigenvalue weighted by molar-refractivity contribution is 5.89. The van der Waals surface area contributed by atoms with Gasteiger partial charge in [-0.25, -0.2) is 4.79 Å². The average Bonchev–Trinajstić information content (AvgIpc) is 2.66. The molecular weight excluding hydrogens is 320 g/mol.